The van der Waals surface area contributed by atoms with Crippen molar-refractivity contribution in [2.24, 2.45) is 5.92 Å². The van der Waals surface area contributed by atoms with Gasteiger partial charge in [-0.1, -0.05) is 66.9 Å². The van der Waals surface area contributed by atoms with Gasteiger partial charge >= 0.3 is 0 Å². The van der Waals surface area contributed by atoms with Crippen molar-refractivity contribution < 1.29 is 9.59 Å². The Balaban J connectivity index is 1.43. The molecule has 0 N–H and O–H groups in total. The van der Waals surface area contributed by atoms with Gasteiger partial charge in [-0.25, -0.2) is 0 Å². The highest BCUT2D eigenvalue weighted by Gasteiger charge is 2.39. The Bertz CT molecular complexity index is 960. The first-order chi connectivity index (χ1) is 15.9. The average molecular weight is 468 g/mol. The molecule has 2 amide bonds. The van der Waals surface area contributed by atoms with Crippen molar-refractivity contribution in [3.05, 3.63) is 70.2 Å². The minimum Gasteiger partial charge on any atom is -0.339 e. The number of carbonyl (C=O) groups is 2. The summed E-state index contributed by atoms with van der Waals surface area (Å²) in [5.74, 6) is 0.617. The summed E-state index contributed by atoms with van der Waals surface area (Å²) in [6.07, 6.45) is 2.10. The van der Waals surface area contributed by atoms with Crippen LogP contribution in [0.25, 0.3) is 0 Å². The molecule has 176 valence electrons. The maximum Gasteiger partial charge on any atom is 0.245 e. The van der Waals surface area contributed by atoms with Crippen molar-refractivity contribution in [1.82, 2.24) is 14.7 Å². The zero-order valence-electron chi connectivity index (χ0n) is 19.7. The summed E-state index contributed by atoms with van der Waals surface area (Å²) in [5, 5.41) is 0.749. The first-order valence-corrected chi connectivity index (χ1v) is 12.4. The van der Waals surface area contributed by atoms with E-state index in [1.54, 1.807) is 4.90 Å². The number of aryl methyl sites for hydroxylation is 1. The number of carbonyl (C=O) groups excluding carboxylic acids is 2. The van der Waals surface area contributed by atoms with Crippen LogP contribution in [0.2, 0.25) is 5.02 Å². The van der Waals surface area contributed by atoms with Crippen LogP contribution in [0.5, 0.6) is 0 Å². The first kappa shape index (κ1) is 23.8. The van der Waals surface area contributed by atoms with Crippen LogP contribution in [0.15, 0.2) is 48.5 Å². The zero-order valence-corrected chi connectivity index (χ0v) is 20.4. The number of halogens is 1. The summed E-state index contributed by atoms with van der Waals surface area (Å²) in [4.78, 5) is 32.5. The zero-order chi connectivity index (χ0) is 23.4. The van der Waals surface area contributed by atoms with Crippen LogP contribution in [0.1, 0.15) is 42.9 Å². The molecule has 2 saturated heterocycles. The van der Waals surface area contributed by atoms with Gasteiger partial charge in [0.05, 0.1) is 0 Å². The first-order valence-electron chi connectivity index (χ1n) is 12.0. The molecular formula is C27H34ClN3O2. The predicted molar refractivity (Wildman–Crippen MR) is 132 cm³/mol. The molecule has 4 rings (SSSR count). The highest BCUT2D eigenvalue weighted by Crippen LogP contribution is 2.25. The van der Waals surface area contributed by atoms with E-state index in [1.165, 1.54) is 11.1 Å². The van der Waals surface area contributed by atoms with Crippen molar-refractivity contribution in [3.63, 3.8) is 0 Å². The molecule has 0 saturated carbocycles. The number of hydrogen-bond acceptors (Lipinski definition) is 3. The third-order valence-electron chi connectivity index (χ3n) is 6.98. The van der Waals surface area contributed by atoms with E-state index in [0.717, 1.165) is 43.2 Å². The van der Waals surface area contributed by atoms with E-state index in [4.69, 9.17) is 11.6 Å². The van der Waals surface area contributed by atoms with Crippen LogP contribution < -0.4 is 0 Å². The molecule has 2 aliphatic rings. The van der Waals surface area contributed by atoms with E-state index in [-0.39, 0.29) is 17.9 Å². The third-order valence-corrected chi connectivity index (χ3v) is 7.23. The van der Waals surface area contributed by atoms with Crippen molar-refractivity contribution in [2.75, 3.05) is 26.2 Å². The van der Waals surface area contributed by atoms with E-state index in [2.05, 4.69) is 55.1 Å². The van der Waals surface area contributed by atoms with Gasteiger partial charge in [0.1, 0.15) is 6.04 Å². The molecule has 33 heavy (non-hydrogen) atoms. The van der Waals surface area contributed by atoms with E-state index in [1.807, 2.05) is 17.0 Å². The van der Waals surface area contributed by atoms with Gasteiger partial charge in [0, 0.05) is 50.7 Å². The number of nitrogens with zero attached hydrogens (tertiary/aromatic N) is 3. The van der Waals surface area contributed by atoms with Gasteiger partial charge < -0.3 is 9.80 Å². The Hall–Kier alpha value is -2.37. The summed E-state index contributed by atoms with van der Waals surface area (Å²) in [7, 11) is 0. The lowest BCUT2D eigenvalue weighted by Gasteiger charge is -2.31. The molecule has 0 bridgehead atoms. The second-order valence-corrected chi connectivity index (χ2v) is 9.92. The van der Waals surface area contributed by atoms with Gasteiger partial charge in [-0.2, -0.15) is 0 Å². The lowest BCUT2D eigenvalue weighted by atomic mass is 10.0. The highest BCUT2D eigenvalue weighted by atomic mass is 35.5. The van der Waals surface area contributed by atoms with Crippen molar-refractivity contribution in [1.29, 1.82) is 0 Å². The molecule has 2 unspecified atom stereocenters. The molecular weight excluding hydrogens is 434 g/mol. The number of amides is 2. The summed E-state index contributed by atoms with van der Waals surface area (Å²) in [6.45, 7) is 8.88. The summed E-state index contributed by atoms with van der Waals surface area (Å²) < 4.78 is 0. The molecule has 0 radical (unpaired) electrons. The fraction of sp³-hybridized carbons (Fsp3) is 0.481. The van der Waals surface area contributed by atoms with Crippen LogP contribution in [0, 0.1) is 12.8 Å². The second-order valence-electron chi connectivity index (χ2n) is 9.48. The van der Waals surface area contributed by atoms with Gasteiger partial charge in [0.15, 0.2) is 0 Å². The Kier molecular flexibility index (Phi) is 7.71. The van der Waals surface area contributed by atoms with Crippen molar-refractivity contribution in [3.8, 4) is 0 Å². The average Bonchev–Trinajstić information content (AvgIpc) is 3.04. The molecule has 2 aliphatic heterocycles. The Labute approximate surface area is 202 Å². The van der Waals surface area contributed by atoms with Gasteiger partial charge in [0.25, 0.3) is 0 Å². The maximum absolute atomic E-state index is 13.6. The van der Waals surface area contributed by atoms with Crippen LogP contribution in [0.4, 0.5) is 0 Å². The molecule has 0 spiro atoms. The Morgan fingerprint density at radius 2 is 1.64 bits per heavy atom. The van der Waals surface area contributed by atoms with E-state index >= 15 is 0 Å². The minimum atomic E-state index is -0.348. The quantitative estimate of drug-likeness (QED) is 0.627. The lowest BCUT2D eigenvalue weighted by Crippen LogP contribution is -2.48. The van der Waals surface area contributed by atoms with E-state index in [9.17, 15) is 9.59 Å². The number of benzene rings is 2. The SMILES string of the molecule is CCC1CN(Cc2ccc(Cl)cc2)CCN(C(=O)C2CCC(=O)N2Cc2ccc(C)cc2)C1. The lowest BCUT2D eigenvalue weighted by molar-refractivity contribution is -0.142. The molecule has 2 aromatic rings. The summed E-state index contributed by atoms with van der Waals surface area (Å²) in [6, 6.07) is 15.9. The molecule has 2 fully saturated rings. The fourth-order valence-corrected chi connectivity index (χ4v) is 5.04. The van der Waals surface area contributed by atoms with Crippen LogP contribution in [-0.4, -0.2) is 58.7 Å². The molecule has 2 atom stereocenters. The van der Waals surface area contributed by atoms with Gasteiger partial charge in [-0.3, -0.25) is 14.5 Å². The molecule has 6 heteroatoms. The molecule has 2 heterocycles. The maximum atomic E-state index is 13.6. The molecule has 0 aromatic heterocycles. The third kappa shape index (κ3) is 5.96. The largest absolute Gasteiger partial charge is 0.339 e. The van der Waals surface area contributed by atoms with Crippen molar-refractivity contribution in [2.45, 2.75) is 52.2 Å². The number of rotatable bonds is 6. The monoisotopic (exact) mass is 467 g/mol. The van der Waals surface area contributed by atoms with Gasteiger partial charge in [0.2, 0.25) is 11.8 Å². The highest BCUT2D eigenvalue weighted by molar-refractivity contribution is 6.30. The Morgan fingerprint density at radius 3 is 2.33 bits per heavy atom. The van der Waals surface area contributed by atoms with Gasteiger partial charge in [-0.05, 0) is 42.5 Å². The number of likely N-dealkylation sites (tertiary alicyclic amines) is 1. The second kappa shape index (κ2) is 10.7. The molecule has 2 aromatic carbocycles. The summed E-state index contributed by atoms with van der Waals surface area (Å²) in [5.41, 5.74) is 3.50. The van der Waals surface area contributed by atoms with E-state index in [0.29, 0.717) is 31.8 Å². The molecule has 5 nitrogen and oxygen atoms in total. The number of hydrogen-bond donors (Lipinski definition) is 0. The normalized spacial score (nSPS) is 22.0. The topological polar surface area (TPSA) is 43.9 Å². The smallest absolute Gasteiger partial charge is 0.245 e. The minimum absolute atomic E-state index is 0.0835. The summed E-state index contributed by atoms with van der Waals surface area (Å²) >= 11 is 6.04. The van der Waals surface area contributed by atoms with E-state index < -0.39 is 0 Å². The fourth-order valence-electron chi connectivity index (χ4n) is 4.92. The van der Waals surface area contributed by atoms with Crippen LogP contribution in [-0.2, 0) is 22.7 Å². The van der Waals surface area contributed by atoms with Crippen LogP contribution >= 0.6 is 11.6 Å². The van der Waals surface area contributed by atoms with Crippen molar-refractivity contribution >= 4 is 23.4 Å². The Morgan fingerprint density at radius 1 is 0.970 bits per heavy atom. The van der Waals surface area contributed by atoms with Crippen LogP contribution in [0.3, 0.4) is 0 Å². The predicted octanol–water partition coefficient (Wildman–Crippen LogP) is 4.51. The molecule has 0 aliphatic carbocycles. The van der Waals surface area contributed by atoms with Gasteiger partial charge in [-0.15, -0.1) is 0 Å². The standard InChI is InChI=1S/C27H34ClN3O2/c1-3-21-16-29(17-22-8-10-24(28)11-9-22)14-15-30(18-21)27(33)25-12-13-26(32)31(25)19-23-6-4-20(2)5-7-23/h4-11,21,25H,3,12-19H2,1-2H3.